The second kappa shape index (κ2) is 10.3. The smallest absolute Gasteiger partial charge is 0.200 e. The van der Waals surface area contributed by atoms with Gasteiger partial charge in [0, 0.05) is 11.0 Å². The van der Waals surface area contributed by atoms with Gasteiger partial charge in [0.15, 0.2) is 22.2 Å². The Hall–Kier alpha value is -2.47. The molecule has 0 aliphatic carbocycles. The lowest BCUT2D eigenvalue weighted by Gasteiger charge is -2.26. The van der Waals surface area contributed by atoms with E-state index in [9.17, 15) is 18.0 Å². The highest BCUT2D eigenvalue weighted by atomic mass is 32.2. The maximum atomic E-state index is 13.1. The largest absolute Gasteiger partial charge is 0.484 e. The van der Waals surface area contributed by atoms with E-state index in [0.29, 0.717) is 18.4 Å². The third-order valence-electron chi connectivity index (χ3n) is 5.10. The van der Waals surface area contributed by atoms with Crippen molar-refractivity contribution >= 4 is 21.9 Å². The van der Waals surface area contributed by atoms with Crippen molar-refractivity contribution in [2.75, 3.05) is 12.4 Å². The summed E-state index contributed by atoms with van der Waals surface area (Å²) in [6.45, 7) is 3.58. The Kier molecular flexibility index (Phi) is 8.14. The zero-order chi connectivity index (χ0) is 21.3. The first-order chi connectivity index (χ1) is 13.9. The van der Waals surface area contributed by atoms with Gasteiger partial charge in [0.1, 0.15) is 16.9 Å². The summed E-state index contributed by atoms with van der Waals surface area (Å²) in [5.74, 6) is -0.382. The van der Waals surface area contributed by atoms with E-state index in [-0.39, 0.29) is 28.8 Å². The fourth-order valence-corrected chi connectivity index (χ4v) is 5.24. The summed E-state index contributed by atoms with van der Waals surface area (Å²) in [5, 5.41) is 0. The summed E-state index contributed by atoms with van der Waals surface area (Å²) in [6.07, 6.45) is 3.43. The van der Waals surface area contributed by atoms with Gasteiger partial charge in [0.25, 0.3) is 0 Å². The zero-order valence-electron chi connectivity index (χ0n) is 17.0. The molecule has 0 saturated heterocycles. The van der Waals surface area contributed by atoms with Gasteiger partial charge in [-0.25, -0.2) is 8.42 Å². The summed E-state index contributed by atoms with van der Waals surface area (Å²) in [6, 6.07) is 14.9. The minimum Gasteiger partial charge on any atom is -0.484 e. The van der Waals surface area contributed by atoms with Crippen molar-refractivity contribution < 1.29 is 22.7 Å². The molecule has 0 heterocycles. The summed E-state index contributed by atoms with van der Waals surface area (Å²) < 4.78 is 31.9. The van der Waals surface area contributed by atoms with Gasteiger partial charge in [-0.1, -0.05) is 69.2 Å². The first-order valence-corrected chi connectivity index (χ1v) is 11.5. The highest BCUT2D eigenvalue weighted by molar-refractivity contribution is 7.91. The lowest BCUT2D eigenvalue weighted by Crippen LogP contribution is -2.31. The minimum atomic E-state index is -3.78. The quantitative estimate of drug-likeness (QED) is 0.376. The number of benzene rings is 2. The van der Waals surface area contributed by atoms with E-state index in [2.05, 4.69) is 0 Å². The molecule has 0 amide bonds. The van der Waals surface area contributed by atoms with Gasteiger partial charge in [-0.05, 0) is 25.0 Å². The van der Waals surface area contributed by atoms with E-state index >= 15 is 0 Å². The van der Waals surface area contributed by atoms with Crippen molar-refractivity contribution in [3.05, 3.63) is 60.2 Å². The molecule has 0 saturated carbocycles. The molecule has 29 heavy (non-hydrogen) atoms. The molecule has 2 aromatic rings. The number of carbonyl (C=O) groups is 2. The monoisotopic (exact) mass is 416 g/mol. The van der Waals surface area contributed by atoms with Crippen LogP contribution in [0.1, 0.15) is 49.9 Å². The molecule has 156 valence electrons. The molecule has 0 bridgehead atoms. The van der Waals surface area contributed by atoms with E-state index in [4.69, 9.17) is 4.74 Å². The fraction of sp³-hybridized carbons (Fsp3) is 0.391. The van der Waals surface area contributed by atoms with Gasteiger partial charge < -0.3 is 9.53 Å². The highest BCUT2D eigenvalue weighted by Crippen LogP contribution is 2.33. The first kappa shape index (κ1) is 22.8. The predicted molar refractivity (Wildman–Crippen MR) is 113 cm³/mol. The van der Waals surface area contributed by atoms with Crippen LogP contribution in [0.2, 0.25) is 0 Å². The van der Waals surface area contributed by atoms with Gasteiger partial charge in [-0.3, -0.25) is 4.79 Å². The summed E-state index contributed by atoms with van der Waals surface area (Å²) in [5.41, 5.74) is -0.416. The first-order valence-electron chi connectivity index (χ1n) is 9.86. The molecule has 0 radical (unpaired) electrons. The molecular formula is C23H28O5S. The third-order valence-corrected chi connectivity index (χ3v) is 7.06. The van der Waals surface area contributed by atoms with Crippen molar-refractivity contribution in [1.82, 2.24) is 0 Å². The van der Waals surface area contributed by atoms with Crippen molar-refractivity contribution in [1.29, 1.82) is 0 Å². The topological polar surface area (TPSA) is 77.5 Å². The van der Waals surface area contributed by atoms with Crippen LogP contribution in [0.5, 0.6) is 5.75 Å². The van der Waals surface area contributed by atoms with E-state index in [1.54, 1.807) is 36.4 Å². The van der Waals surface area contributed by atoms with Gasteiger partial charge in [0.05, 0.1) is 5.75 Å². The molecule has 0 aromatic heterocycles. The standard InChI is InChI=1S/C23H28O5S/c1-3-5-15-23(4-2,17-24)18-29(26,27)22-14-10-9-13-21(22)28-16-20(25)19-11-7-6-8-12-19/h6-14,17H,3-5,15-16,18H2,1-2H3. The van der Waals surface area contributed by atoms with Crippen LogP contribution in [-0.4, -0.2) is 32.8 Å². The van der Waals surface area contributed by atoms with Crippen LogP contribution in [0.4, 0.5) is 0 Å². The van der Waals surface area contributed by atoms with Crippen LogP contribution < -0.4 is 4.74 Å². The van der Waals surface area contributed by atoms with Crippen molar-refractivity contribution in [2.24, 2.45) is 5.41 Å². The van der Waals surface area contributed by atoms with Gasteiger partial charge in [-0.15, -0.1) is 0 Å². The van der Waals surface area contributed by atoms with E-state index in [1.165, 1.54) is 12.1 Å². The number of carbonyl (C=O) groups excluding carboxylic acids is 2. The maximum absolute atomic E-state index is 13.1. The zero-order valence-corrected chi connectivity index (χ0v) is 17.8. The number of hydrogen-bond donors (Lipinski definition) is 0. The van der Waals surface area contributed by atoms with Crippen molar-refractivity contribution in [2.45, 2.75) is 44.4 Å². The van der Waals surface area contributed by atoms with Crippen LogP contribution in [0.25, 0.3) is 0 Å². The Morgan fingerprint density at radius 1 is 1.03 bits per heavy atom. The Labute approximate surface area is 173 Å². The van der Waals surface area contributed by atoms with Gasteiger partial charge >= 0.3 is 0 Å². The van der Waals surface area contributed by atoms with Gasteiger partial charge in [-0.2, -0.15) is 0 Å². The SMILES string of the molecule is CCCCC(C=O)(CC)CS(=O)(=O)c1ccccc1OCC(=O)c1ccccc1. The lowest BCUT2D eigenvalue weighted by molar-refractivity contribution is -0.115. The van der Waals surface area contributed by atoms with Crippen LogP contribution in [0.15, 0.2) is 59.5 Å². The number of rotatable bonds is 12. The van der Waals surface area contributed by atoms with Crippen LogP contribution in [0, 0.1) is 5.41 Å². The Morgan fingerprint density at radius 3 is 2.31 bits per heavy atom. The number of unbranched alkanes of at least 4 members (excludes halogenated alkanes) is 1. The average molecular weight is 417 g/mol. The molecule has 1 atom stereocenters. The number of hydrogen-bond acceptors (Lipinski definition) is 5. The van der Waals surface area contributed by atoms with Crippen LogP contribution in [-0.2, 0) is 14.6 Å². The van der Waals surface area contributed by atoms with E-state index in [0.717, 1.165) is 19.1 Å². The highest BCUT2D eigenvalue weighted by Gasteiger charge is 2.35. The molecule has 0 N–H and O–H groups in total. The van der Waals surface area contributed by atoms with Crippen LogP contribution >= 0.6 is 0 Å². The predicted octanol–water partition coefficient (Wildman–Crippen LogP) is 4.51. The Morgan fingerprint density at radius 2 is 1.69 bits per heavy atom. The normalized spacial score (nSPS) is 13.4. The molecule has 0 spiro atoms. The average Bonchev–Trinajstić information content (AvgIpc) is 2.75. The number of para-hydroxylation sites is 1. The molecule has 0 fully saturated rings. The molecular weight excluding hydrogens is 388 g/mol. The van der Waals surface area contributed by atoms with Crippen molar-refractivity contribution in [3.8, 4) is 5.75 Å². The third kappa shape index (κ3) is 6.00. The molecule has 0 aliphatic rings. The summed E-state index contributed by atoms with van der Waals surface area (Å²) >= 11 is 0. The Bertz CT molecular complexity index is 921. The minimum absolute atomic E-state index is 0.0111. The van der Waals surface area contributed by atoms with Crippen molar-refractivity contribution in [3.63, 3.8) is 0 Å². The number of aldehydes is 1. The molecule has 6 heteroatoms. The molecule has 2 rings (SSSR count). The number of Topliss-reactive ketones (excluding diaryl/α,β-unsaturated/α-hetero) is 1. The second-order valence-corrected chi connectivity index (χ2v) is 9.18. The van der Waals surface area contributed by atoms with E-state index < -0.39 is 15.3 Å². The molecule has 0 aliphatic heterocycles. The van der Waals surface area contributed by atoms with Gasteiger partial charge in [0.2, 0.25) is 0 Å². The fourth-order valence-electron chi connectivity index (χ4n) is 3.19. The Balaban J connectivity index is 2.23. The molecule has 2 aromatic carbocycles. The molecule has 5 nitrogen and oxygen atoms in total. The van der Waals surface area contributed by atoms with Crippen LogP contribution in [0.3, 0.4) is 0 Å². The number of ether oxygens (including phenoxy) is 1. The lowest BCUT2D eigenvalue weighted by atomic mass is 9.84. The second-order valence-electron chi connectivity index (χ2n) is 7.22. The number of sulfone groups is 1. The summed E-state index contributed by atoms with van der Waals surface area (Å²) in [4.78, 5) is 24.1. The summed E-state index contributed by atoms with van der Waals surface area (Å²) in [7, 11) is -3.78. The van der Waals surface area contributed by atoms with E-state index in [1.807, 2.05) is 19.9 Å². The number of ketones is 1. The maximum Gasteiger partial charge on any atom is 0.200 e. The molecule has 1 unspecified atom stereocenters.